The molecule has 1 aromatic heterocycles. The van der Waals surface area contributed by atoms with Crippen LogP contribution >= 0.6 is 11.3 Å². The molecule has 1 atom stereocenters. The first kappa shape index (κ1) is 22.5. The maximum absolute atomic E-state index is 12.8. The van der Waals surface area contributed by atoms with Gasteiger partial charge >= 0.3 is 0 Å². The van der Waals surface area contributed by atoms with E-state index in [9.17, 15) is 18.0 Å². The van der Waals surface area contributed by atoms with Crippen molar-refractivity contribution < 1.29 is 18.0 Å². The lowest BCUT2D eigenvalue weighted by Gasteiger charge is -2.21. The van der Waals surface area contributed by atoms with Crippen molar-refractivity contribution in [3.63, 3.8) is 0 Å². The minimum absolute atomic E-state index is 0.139. The first-order chi connectivity index (χ1) is 14.8. The second-order valence-corrected chi connectivity index (χ2v) is 9.79. The Morgan fingerprint density at radius 2 is 1.61 bits per heavy atom. The maximum atomic E-state index is 12.8. The van der Waals surface area contributed by atoms with Crippen molar-refractivity contribution in [3.8, 4) is 0 Å². The van der Waals surface area contributed by atoms with Crippen LogP contribution < -0.4 is 15.4 Å². The van der Waals surface area contributed by atoms with Gasteiger partial charge in [-0.05, 0) is 47.7 Å². The average molecular weight is 458 g/mol. The van der Waals surface area contributed by atoms with E-state index in [1.165, 1.54) is 29.5 Å². The molecule has 3 rings (SSSR count). The van der Waals surface area contributed by atoms with Crippen LogP contribution in [0.4, 0.5) is 11.4 Å². The van der Waals surface area contributed by atoms with Crippen molar-refractivity contribution in [2.24, 2.45) is 5.92 Å². The SMILES string of the molecule is CC(C)C(NC(=O)c1cccs1)C(=O)Nc1cccc(NS(=O)(=O)c2ccccc2)c1. The summed E-state index contributed by atoms with van der Waals surface area (Å²) in [6, 6.07) is 17.1. The molecule has 0 saturated carbocycles. The van der Waals surface area contributed by atoms with E-state index in [-0.39, 0.29) is 22.6 Å². The molecular weight excluding hydrogens is 434 g/mol. The first-order valence-corrected chi connectivity index (χ1v) is 12.0. The molecule has 2 aromatic carbocycles. The summed E-state index contributed by atoms with van der Waals surface area (Å²) in [7, 11) is -3.75. The molecule has 9 heteroatoms. The summed E-state index contributed by atoms with van der Waals surface area (Å²) in [4.78, 5) is 25.8. The van der Waals surface area contributed by atoms with Gasteiger partial charge in [0.15, 0.2) is 0 Å². The highest BCUT2D eigenvalue weighted by Crippen LogP contribution is 2.20. The van der Waals surface area contributed by atoms with Crippen LogP contribution in [0.25, 0.3) is 0 Å². The summed E-state index contributed by atoms with van der Waals surface area (Å²) in [5, 5.41) is 7.31. The van der Waals surface area contributed by atoms with Crippen LogP contribution in [0, 0.1) is 5.92 Å². The fourth-order valence-corrected chi connectivity index (χ4v) is 4.55. The Morgan fingerprint density at radius 1 is 0.903 bits per heavy atom. The summed E-state index contributed by atoms with van der Waals surface area (Å²) in [5.74, 6) is -0.847. The summed E-state index contributed by atoms with van der Waals surface area (Å²) >= 11 is 1.30. The first-order valence-electron chi connectivity index (χ1n) is 9.59. The van der Waals surface area contributed by atoms with Crippen LogP contribution in [0.3, 0.4) is 0 Å². The van der Waals surface area contributed by atoms with Gasteiger partial charge in [0.25, 0.3) is 15.9 Å². The molecular formula is C22H23N3O4S2. The van der Waals surface area contributed by atoms with Crippen LogP contribution in [-0.2, 0) is 14.8 Å². The number of hydrogen-bond acceptors (Lipinski definition) is 5. The molecule has 1 heterocycles. The second-order valence-electron chi connectivity index (χ2n) is 7.16. The Labute approximate surface area is 185 Å². The summed E-state index contributed by atoms with van der Waals surface area (Å²) in [6.45, 7) is 3.67. The zero-order valence-electron chi connectivity index (χ0n) is 17.0. The number of sulfonamides is 1. The summed E-state index contributed by atoms with van der Waals surface area (Å²) in [5.41, 5.74) is 0.722. The third kappa shape index (κ3) is 5.93. The highest BCUT2D eigenvalue weighted by molar-refractivity contribution is 7.92. The highest BCUT2D eigenvalue weighted by atomic mass is 32.2. The van der Waals surface area contributed by atoms with E-state index in [1.54, 1.807) is 53.9 Å². The average Bonchev–Trinajstić information content (AvgIpc) is 3.27. The normalized spacial score (nSPS) is 12.2. The fraction of sp³-hybridized carbons (Fsp3) is 0.182. The number of benzene rings is 2. The van der Waals surface area contributed by atoms with E-state index in [4.69, 9.17) is 0 Å². The lowest BCUT2D eigenvalue weighted by molar-refractivity contribution is -0.118. The molecule has 0 aliphatic rings. The van der Waals surface area contributed by atoms with Gasteiger partial charge in [-0.15, -0.1) is 11.3 Å². The van der Waals surface area contributed by atoms with Gasteiger partial charge in [0, 0.05) is 5.69 Å². The molecule has 0 bridgehead atoms. The van der Waals surface area contributed by atoms with Crippen molar-refractivity contribution in [1.29, 1.82) is 0 Å². The van der Waals surface area contributed by atoms with Gasteiger partial charge in [-0.3, -0.25) is 14.3 Å². The number of hydrogen-bond donors (Lipinski definition) is 3. The van der Waals surface area contributed by atoms with Gasteiger partial charge < -0.3 is 10.6 Å². The molecule has 2 amide bonds. The van der Waals surface area contributed by atoms with Crippen LogP contribution in [0.2, 0.25) is 0 Å². The smallest absolute Gasteiger partial charge is 0.262 e. The van der Waals surface area contributed by atoms with Gasteiger partial charge in [-0.25, -0.2) is 8.42 Å². The molecule has 3 N–H and O–H groups in total. The molecule has 0 fully saturated rings. The quantitative estimate of drug-likeness (QED) is 0.476. The Kier molecular flexibility index (Phi) is 7.09. The van der Waals surface area contributed by atoms with Crippen molar-refractivity contribution in [2.75, 3.05) is 10.0 Å². The number of anilines is 2. The van der Waals surface area contributed by atoms with Crippen LogP contribution in [0.5, 0.6) is 0 Å². The van der Waals surface area contributed by atoms with Gasteiger partial charge in [-0.1, -0.05) is 44.2 Å². The van der Waals surface area contributed by atoms with Crippen LogP contribution in [0.15, 0.2) is 77.0 Å². The molecule has 1 unspecified atom stereocenters. The third-order valence-electron chi connectivity index (χ3n) is 4.42. The fourth-order valence-electron chi connectivity index (χ4n) is 2.85. The van der Waals surface area contributed by atoms with E-state index >= 15 is 0 Å². The molecule has 0 saturated heterocycles. The monoisotopic (exact) mass is 457 g/mol. The van der Waals surface area contributed by atoms with Gasteiger partial charge in [0.1, 0.15) is 6.04 Å². The number of carbonyl (C=O) groups is 2. The minimum atomic E-state index is -3.75. The van der Waals surface area contributed by atoms with Gasteiger partial charge in [0.2, 0.25) is 5.91 Å². The van der Waals surface area contributed by atoms with Crippen molar-refractivity contribution in [3.05, 3.63) is 77.0 Å². The molecule has 0 spiro atoms. The van der Waals surface area contributed by atoms with E-state index in [1.807, 2.05) is 13.8 Å². The summed E-state index contributed by atoms with van der Waals surface area (Å²) < 4.78 is 27.5. The second kappa shape index (κ2) is 9.76. The van der Waals surface area contributed by atoms with Gasteiger partial charge in [0.05, 0.1) is 15.5 Å². The molecule has 0 radical (unpaired) electrons. The summed E-state index contributed by atoms with van der Waals surface area (Å²) in [6.07, 6.45) is 0. The third-order valence-corrected chi connectivity index (χ3v) is 6.68. The van der Waals surface area contributed by atoms with Crippen LogP contribution in [0.1, 0.15) is 23.5 Å². The zero-order chi connectivity index (χ0) is 22.4. The Morgan fingerprint density at radius 3 is 2.26 bits per heavy atom. The van der Waals surface area contributed by atoms with Crippen molar-refractivity contribution >= 4 is 44.5 Å². The lowest BCUT2D eigenvalue weighted by atomic mass is 10.0. The molecule has 3 aromatic rings. The van der Waals surface area contributed by atoms with Crippen molar-refractivity contribution in [2.45, 2.75) is 24.8 Å². The molecule has 7 nitrogen and oxygen atoms in total. The minimum Gasteiger partial charge on any atom is -0.339 e. The number of nitrogens with one attached hydrogen (secondary N) is 3. The Hall–Kier alpha value is -3.17. The van der Waals surface area contributed by atoms with E-state index in [2.05, 4.69) is 15.4 Å². The highest BCUT2D eigenvalue weighted by Gasteiger charge is 2.25. The predicted molar refractivity (Wildman–Crippen MR) is 123 cm³/mol. The topological polar surface area (TPSA) is 104 Å². The lowest BCUT2D eigenvalue weighted by Crippen LogP contribution is -2.46. The van der Waals surface area contributed by atoms with E-state index in [0.717, 1.165) is 0 Å². The van der Waals surface area contributed by atoms with Crippen molar-refractivity contribution in [1.82, 2.24) is 5.32 Å². The Bertz CT molecular complexity index is 1140. The predicted octanol–water partition coefficient (Wildman–Crippen LogP) is 3.94. The number of amides is 2. The zero-order valence-corrected chi connectivity index (χ0v) is 18.7. The Balaban J connectivity index is 1.71. The molecule has 162 valence electrons. The molecule has 31 heavy (non-hydrogen) atoms. The van der Waals surface area contributed by atoms with Crippen LogP contribution in [-0.4, -0.2) is 26.3 Å². The van der Waals surface area contributed by atoms with E-state index in [0.29, 0.717) is 16.3 Å². The molecule has 0 aliphatic heterocycles. The number of thiophene rings is 1. The number of carbonyl (C=O) groups excluding carboxylic acids is 2. The largest absolute Gasteiger partial charge is 0.339 e. The standard InChI is InChI=1S/C22H23N3O4S2/c1-15(2)20(24-21(26)19-12-7-13-30-19)22(27)23-16-8-6-9-17(14-16)25-31(28,29)18-10-4-3-5-11-18/h3-15,20,25H,1-2H3,(H,23,27)(H,24,26). The molecule has 0 aliphatic carbocycles. The maximum Gasteiger partial charge on any atom is 0.262 e. The van der Waals surface area contributed by atoms with Gasteiger partial charge in [-0.2, -0.15) is 0 Å². The van der Waals surface area contributed by atoms with E-state index < -0.39 is 16.1 Å². The number of rotatable bonds is 8.